The zero-order chi connectivity index (χ0) is 8.81. The molecule has 66 valence electrons. The Bertz CT molecular complexity index is 198. The number of nitrogens with zero attached hydrogens (tertiary/aromatic N) is 2. The Morgan fingerprint density at radius 3 is 3.17 bits per heavy atom. The molecule has 0 radical (unpaired) electrons. The van der Waals surface area contributed by atoms with E-state index in [1.165, 1.54) is 0 Å². The highest BCUT2D eigenvalue weighted by molar-refractivity contribution is 5.72. The van der Waals surface area contributed by atoms with E-state index >= 15 is 0 Å². The fourth-order valence-corrected chi connectivity index (χ4v) is 1.17. The molecule has 1 rings (SSSR count). The fraction of sp³-hybridized carbons (Fsp3) is 0.750. The second kappa shape index (κ2) is 4.73. The lowest BCUT2D eigenvalue weighted by Crippen LogP contribution is -2.40. The average molecular weight is 168 g/mol. The third-order valence-corrected chi connectivity index (χ3v) is 1.79. The SMILES string of the molecule is N#CCCCN1CCOC(=O)C1. The number of cyclic esters (lactones) is 1. The quantitative estimate of drug-likeness (QED) is 0.444. The summed E-state index contributed by atoms with van der Waals surface area (Å²) in [6.07, 6.45) is 1.40. The van der Waals surface area contributed by atoms with Crippen LogP contribution in [0.25, 0.3) is 0 Å². The van der Waals surface area contributed by atoms with E-state index in [9.17, 15) is 4.79 Å². The number of unbranched alkanes of at least 4 members (excludes halogenated alkanes) is 1. The molecule has 0 N–H and O–H groups in total. The van der Waals surface area contributed by atoms with E-state index < -0.39 is 0 Å². The van der Waals surface area contributed by atoms with Gasteiger partial charge in [0.05, 0.1) is 12.6 Å². The van der Waals surface area contributed by atoms with Gasteiger partial charge in [-0.25, -0.2) is 0 Å². The van der Waals surface area contributed by atoms with Gasteiger partial charge in [-0.3, -0.25) is 9.69 Å². The molecule has 0 spiro atoms. The molecule has 0 amide bonds. The predicted octanol–water partition coefficient (Wildman–Crippen LogP) is 0.149. The maximum Gasteiger partial charge on any atom is 0.320 e. The molecule has 0 aliphatic carbocycles. The van der Waals surface area contributed by atoms with Crippen LogP contribution in [0.5, 0.6) is 0 Å². The second-order valence-corrected chi connectivity index (χ2v) is 2.76. The van der Waals surface area contributed by atoms with E-state index in [0.717, 1.165) is 19.5 Å². The van der Waals surface area contributed by atoms with E-state index in [1.54, 1.807) is 0 Å². The van der Waals surface area contributed by atoms with Crippen LogP contribution in [-0.2, 0) is 9.53 Å². The number of esters is 1. The predicted molar refractivity (Wildman–Crippen MR) is 42.2 cm³/mol. The molecule has 0 aromatic rings. The highest BCUT2D eigenvalue weighted by Gasteiger charge is 2.16. The summed E-state index contributed by atoms with van der Waals surface area (Å²) in [6.45, 7) is 2.50. The lowest BCUT2D eigenvalue weighted by Gasteiger charge is -2.24. The van der Waals surface area contributed by atoms with Crippen LogP contribution in [-0.4, -0.2) is 37.1 Å². The highest BCUT2D eigenvalue weighted by Crippen LogP contribution is 2.00. The molecule has 1 saturated heterocycles. The van der Waals surface area contributed by atoms with Crippen LogP contribution in [0.1, 0.15) is 12.8 Å². The molecule has 4 nitrogen and oxygen atoms in total. The minimum Gasteiger partial charge on any atom is -0.463 e. The number of hydrogen-bond donors (Lipinski definition) is 0. The van der Waals surface area contributed by atoms with Gasteiger partial charge in [-0.1, -0.05) is 0 Å². The summed E-state index contributed by atoms with van der Waals surface area (Å²) >= 11 is 0. The molecule has 1 aliphatic rings. The summed E-state index contributed by atoms with van der Waals surface area (Å²) in [5, 5.41) is 8.29. The minimum absolute atomic E-state index is 0.154. The first-order chi connectivity index (χ1) is 5.83. The maximum absolute atomic E-state index is 10.8. The van der Waals surface area contributed by atoms with Crippen molar-refractivity contribution >= 4 is 5.97 Å². The van der Waals surface area contributed by atoms with Crippen molar-refractivity contribution in [1.82, 2.24) is 4.90 Å². The number of ether oxygens (including phenoxy) is 1. The van der Waals surface area contributed by atoms with Gasteiger partial charge in [0.15, 0.2) is 0 Å². The van der Waals surface area contributed by atoms with E-state index in [2.05, 4.69) is 6.07 Å². The molecule has 0 aromatic heterocycles. The minimum atomic E-state index is -0.154. The standard InChI is InChI=1S/C8H12N2O2/c9-3-1-2-4-10-5-6-12-8(11)7-10/h1-2,4-7H2. The molecular weight excluding hydrogens is 156 g/mol. The van der Waals surface area contributed by atoms with E-state index in [1.807, 2.05) is 4.90 Å². The molecule has 0 atom stereocenters. The van der Waals surface area contributed by atoms with E-state index in [0.29, 0.717) is 19.6 Å². The zero-order valence-corrected chi connectivity index (χ0v) is 6.95. The summed E-state index contributed by atoms with van der Waals surface area (Å²) in [5.74, 6) is -0.154. The number of morpholine rings is 1. The van der Waals surface area contributed by atoms with Crippen LogP contribution >= 0.6 is 0 Å². The third-order valence-electron chi connectivity index (χ3n) is 1.79. The van der Waals surface area contributed by atoms with Gasteiger partial charge >= 0.3 is 5.97 Å². The first kappa shape index (κ1) is 9.01. The van der Waals surface area contributed by atoms with Crippen molar-refractivity contribution in [2.45, 2.75) is 12.8 Å². The van der Waals surface area contributed by atoms with Gasteiger partial charge in [0.2, 0.25) is 0 Å². The van der Waals surface area contributed by atoms with Gasteiger partial charge in [-0.05, 0) is 13.0 Å². The topological polar surface area (TPSA) is 53.3 Å². The summed E-state index contributed by atoms with van der Waals surface area (Å²) in [6, 6.07) is 2.08. The van der Waals surface area contributed by atoms with Gasteiger partial charge in [0.1, 0.15) is 6.61 Å². The molecule has 1 aliphatic heterocycles. The van der Waals surface area contributed by atoms with Crippen LogP contribution in [0, 0.1) is 11.3 Å². The largest absolute Gasteiger partial charge is 0.463 e. The molecule has 12 heavy (non-hydrogen) atoms. The molecule has 0 aromatic carbocycles. The number of rotatable bonds is 3. The van der Waals surface area contributed by atoms with Gasteiger partial charge in [0, 0.05) is 13.0 Å². The molecule has 0 unspecified atom stereocenters. The normalized spacial score (nSPS) is 18.4. The average Bonchev–Trinajstić information content (AvgIpc) is 2.05. The zero-order valence-electron chi connectivity index (χ0n) is 6.95. The van der Waals surface area contributed by atoms with Crippen LogP contribution < -0.4 is 0 Å². The lowest BCUT2D eigenvalue weighted by atomic mass is 10.3. The van der Waals surface area contributed by atoms with Gasteiger partial charge in [-0.2, -0.15) is 5.26 Å². The van der Waals surface area contributed by atoms with Crippen molar-refractivity contribution in [2.75, 3.05) is 26.2 Å². The van der Waals surface area contributed by atoms with Crippen molar-refractivity contribution in [1.29, 1.82) is 5.26 Å². The third kappa shape index (κ3) is 2.89. The lowest BCUT2D eigenvalue weighted by molar-refractivity contribution is -0.150. The Morgan fingerprint density at radius 2 is 2.50 bits per heavy atom. The highest BCUT2D eigenvalue weighted by atomic mass is 16.5. The number of carbonyl (C=O) groups is 1. The van der Waals surface area contributed by atoms with Gasteiger partial charge in [0.25, 0.3) is 0 Å². The van der Waals surface area contributed by atoms with Crippen LogP contribution in [0.3, 0.4) is 0 Å². The Balaban J connectivity index is 2.15. The number of hydrogen-bond acceptors (Lipinski definition) is 4. The second-order valence-electron chi connectivity index (χ2n) is 2.76. The van der Waals surface area contributed by atoms with Crippen LogP contribution in [0.4, 0.5) is 0 Å². The smallest absolute Gasteiger partial charge is 0.320 e. The molecule has 0 saturated carbocycles. The Hall–Kier alpha value is -1.08. The Morgan fingerprint density at radius 1 is 1.67 bits per heavy atom. The van der Waals surface area contributed by atoms with Crippen molar-refractivity contribution in [3.8, 4) is 6.07 Å². The van der Waals surface area contributed by atoms with Crippen molar-refractivity contribution in [3.63, 3.8) is 0 Å². The molecule has 0 bridgehead atoms. The van der Waals surface area contributed by atoms with Crippen LogP contribution in [0.2, 0.25) is 0 Å². The van der Waals surface area contributed by atoms with Crippen molar-refractivity contribution in [3.05, 3.63) is 0 Å². The fourth-order valence-electron chi connectivity index (χ4n) is 1.17. The molecule has 1 fully saturated rings. The van der Waals surface area contributed by atoms with Crippen molar-refractivity contribution < 1.29 is 9.53 Å². The molecular formula is C8H12N2O2. The number of nitriles is 1. The van der Waals surface area contributed by atoms with Crippen molar-refractivity contribution in [2.24, 2.45) is 0 Å². The summed E-state index contributed by atoms with van der Waals surface area (Å²) in [5.41, 5.74) is 0. The van der Waals surface area contributed by atoms with Crippen LogP contribution in [0.15, 0.2) is 0 Å². The number of carbonyl (C=O) groups excluding carboxylic acids is 1. The Kier molecular flexibility index (Phi) is 3.55. The first-order valence-electron chi connectivity index (χ1n) is 4.08. The Labute approximate surface area is 71.7 Å². The van der Waals surface area contributed by atoms with E-state index in [4.69, 9.17) is 10.00 Å². The molecule has 1 heterocycles. The summed E-state index contributed by atoms with van der Waals surface area (Å²) < 4.78 is 4.77. The first-order valence-corrected chi connectivity index (χ1v) is 4.08. The van der Waals surface area contributed by atoms with E-state index in [-0.39, 0.29) is 5.97 Å². The summed E-state index contributed by atoms with van der Waals surface area (Å²) in [4.78, 5) is 12.8. The van der Waals surface area contributed by atoms with Gasteiger partial charge < -0.3 is 4.74 Å². The maximum atomic E-state index is 10.8. The summed E-state index contributed by atoms with van der Waals surface area (Å²) in [7, 11) is 0. The van der Waals surface area contributed by atoms with Gasteiger partial charge in [-0.15, -0.1) is 0 Å². The molecule has 4 heteroatoms. The monoisotopic (exact) mass is 168 g/mol.